The van der Waals surface area contributed by atoms with Gasteiger partial charge in [-0.1, -0.05) is 30.3 Å². The minimum atomic E-state index is -0.258. The molecule has 1 aliphatic carbocycles. The van der Waals surface area contributed by atoms with Gasteiger partial charge in [0.25, 0.3) is 0 Å². The normalized spacial score (nSPS) is 18.8. The van der Waals surface area contributed by atoms with Crippen molar-refractivity contribution in [3.8, 4) is 17.2 Å². The highest BCUT2D eigenvalue weighted by atomic mass is 16.5. The lowest BCUT2D eigenvalue weighted by molar-refractivity contribution is -0.116. The number of ether oxygens (including phenoxy) is 3. The third-order valence-corrected chi connectivity index (χ3v) is 6.86. The molecule has 0 radical (unpaired) electrons. The number of allylic oxidation sites excluding steroid dienone is 1. The maximum atomic E-state index is 13.8. The fourth-order valence-corrected chi connectivity index (χ4v) is 5.19. The first-order valence-corrected chi connectivity index (χ1v) is 12.9. The van der Waals surface area contributed by atoms with Crippen LogP contribution in [0.2, 0.25) is 0 Å². The second kappa shape index (κ2) is 10.6. The lowest BCUT2D eigenvalue weighted by Crippen LogP contribution is -2.26. The molecule has 1 heterocycles. The number of Topliss-reactive ketones (excluding diaryl/α,β-unsaturated/α-hetero) is 1. The Morgan fingerprint density at radius 2 is 1.65 bits per heavy atom. The second-order valence-corrected chi connectivity index (χ2v) is 9.75. The number of hydrogen-bond donors (Lipinski definition) is 2. The van der Waals surface area contributed by atoms with Crippen molar-refractivity contribution in [3.63, 3.8) is 0 Å². The third kappa shape index (κ3) is 5.15. The van der Waals surface area contributed by atoms with Gasteiger partial charge in [0.2, 0.25) is 0 Å². The van der Waals surface area contributed by atoms with E-state index in [0.29, 0.717) is 24.5 Å². The largest absolute Gasteiger partial charge is 0.494 e. The first-order chi connectivity index (χ1) is 18.0. The topological polar surface area (TPSA) is 68.8 Å². The van der Waals surface area contributed by atoms with E-state index in [1.54, 1.807) is 7.11 Å². The van der Waals surface area contributed by atoms with Crippen LogP contribution in [0.1, 0.15) is 56.7 Å². The number of carbonyl (C=O) groups is 1. The van der Waals surface area contributed by atoms with Crippen LogP contribution in [0.4, 0.5) is 11.4 Å². The Morgan fingerprint density at radius 3 is 2.35 bits per heavy atom. The molecule has 2 atom stereocenters. The number of anilines is 2. The van der Waals surface area contributed by atoms with Gasteiger partial charge in [-0.2, -0.15) is 0 Å². The molecule has 0 saturated carbocycles. The predicted molar refractivity (Wildman–Crippen MR) is 147 cm³/mol. The Labute approximate surface area is 218 Å². The summed E-state index contributed by atoms with van der Waals surface area (Å²) >= 11 is 0. The Kier molecular flexibility index (Phi) is 7.08. The summed E-state index contributed by atoms with van der Waals surface area (Å²) in [7, 11) is 1.65. The van der Waals surface area contributed by atoms with Gasteiger partial charge in [-0.25, -0.2) is 0 Å². The Morgan fingerprint density at radius 1 is 0.919 bits per heavy atom. The number of nitrogens with one attached hydrogen (secondary N) is 2. The van der Waals surface area contributed by atoms with E-state index in [9.17, 15) is 4.79 Å². The highest BCUT2D eigenvalue weighted by molar-refractivity contribution is 6.01. The molecule has 0 fully saturated rings. The van der Waals surface area contributed by atoms with Gasteiger partial charge in [0.15, 0.2) is 17.3 Å². The predicted octanol–water partition coefficient (Wildman–Crippen LogP) is 6.86. The highest BCUT2D eigenvalue weighted by Crippen LogP contribution is 2.45. The number of hydrogen-bond acceptors (Lipinski definition) is 6. The van der Waals surface area contributed by atoms with Crippen molar-refractivity contribution < 1.29 is 19.0 Å². The molecule has 3 aromatic rings. The maximum Gasteiger partial charge on any atom is 0.163 e. The van der Waals surface area contributed by atoms with Crippen molar-refractivity contribution in [1.29, 1.82) is 0 Å². The van der Waals surface area contributed by atoms with Gasteiger partial charge >= 0.3 is 0 Å². The van der Waals surface area contributed by atoms with Crippen molar-refractivity contribution in [3.05, 3.63) is 89.1 Å². The number of benzene rings is 3. The van der Waals surface area contributed by atoms with Crippen LogP contribution in [0.3, 0.4) is 0 Å². The van der Waals surface area contributed by atoms with E-state index < -0.39 is 0 Å². The number of ketones is 1. The fraction of sp³-hybridized carbons (Fsp3) is 0.323. The molecular formula is C31H34N2O4. The molecule has 3 aromatic carbocycles. The van der Waals surface area contributed by atoms with Crippen molar-refractivity contribution in [2.24, 2.45) is 0 Å². The molecule has 2 unspecified atom stereocenters. The van der Waals surface area contributed by atoms with E-state index in [-0.39, 0.29) is 23.8 Å². The number of rotatable bonds is 7. The molecule has 0 aromatic heterocycles. The molecule has 0 saturated heterocycles. The van der Waals surface area contributed by atoms with Gasteiger partial charge in [0, 0.05) is 17.7 Å². The molecule has 6 nitrogen and oxygen atoms in total. The van der Waals surface area contributed by atoms with Crippen LogP contribution >= 0.6 is 0 Å². The smallest absolute Gasteiger partial charge is 0.163 e. The molecule has 0 amide bonds. The van der Waals surface area contributed by atoms with E-state index in [2.05, 4.69) is 16.7 Å². The summed E-state index contributed by atoms with van der Waals surface area (Å²) in [5.74, 6) is 2.39. The molecule has 1 aliphatic heterocycles. The van der Waals surface area contributed by atoms with Gasteiger partial charge in [0.05, 0.1) is 37.2 Å². The van der Waals surface area contributed by atoms with Gasteiger partial charge in [-0.3, -0.25) is 4.79 Å². The summed E-state index contributed by atoms with van der Waals surface area (Å²) in [5, 5.41) is 7.24. The lowest BCUT2D eigenvalue weighted by atomic mass is 9.78. The first kappa shape index (κ1) is 24.8. The zero-order chi connectivity index (χ0) is 25.9. The fourth-order valence-electron chi connectivity index (χ4n) is 5.19. The van der Waals surface area contributed by atoms with E-state index in [1.807, 2.05) is 81.4 Å². The zero-order valence-electron chi connectivity index (χ0n) is 21.8. The van der Waals surface area contributed by atoms with E-state index >= 15 is 0 Å². The minimum Gasteiger partial charge on any atom is -0.494 e. The number of para-hydroxylation sites is 2. The summed E-state index contributed by atoms with van der Waals surface area (Å²) in [6.45, 7) is 6.57. The average Bonchev–Trinajstić information content (AvgIpc) is 3.06. The standard InChI is InChI=1S/C31H34N2O4/c1-5-36-23-13-10-20(11-14-23)31-30-26(32-24-8-6-7-9-25(24)33-31)16-22(17-27(30)34)21-12-15-28(37-19(2)3)29(18-21)35-4/h6-15,18-19,22,31-33H,5,16-17H2,1-4H3. The van der Waals surface area contributed by atoms with Crippen LogP contribution in [0.25, 0.3) is 0 Å². The summed E-state index contributed by atoms with van der Waals surface area (Å²) in [4.78, 5) is 13.8. The van der Waals surface area contributed by atoms with E-state index in [0.717, 1.165) is 45.9 Å². The Hall–Kier alpha value is -3.93. The summed E-state index contributed by atoms with van der Waals surface area (Å²) < 4.78 is 17.2. The quantitative estimate of drug-likeness (QED) is 0.371. The number of carbonyl (C=O) groups excluding carboxylic acids is 1. The van der Waals surface area contributed by atoms with Crippen LogP contribution in [0, 0.1) is 0 Å². The number of fused-ring (bicyclic) bond motifs is 1. The Balaban J connectivity index is 1.52. The molecular weight excluding hydrogens is 464 g/mol. The molecule has 0 bridgehead atoms. The molecule has 0 spiro atoms. The monoisotopic (exact) mass is 498 g/mol. The van der Waals surface area contributed by atoms with Crippen molar-refractivity contribution in [2.45, 2.75) is 51.7 Å². The summed E-state index contributed by atoms with van der Waals surface area (Å²) in [6.07, 6.45) is 1.20. The maximum absolute atomic E-state index is 13.8. The molecule has 192 valence electrons. The lowest BCUT2D eigenvalue weighted by Gasteiger charge is -2.30. The van der Waals surface area contributed by atoms with Crippen molar-refractivity contribution in [1.82, 2.24) is 0 Å². The van der Waals surface area contributed by atoms with Crippen molar-refractivity contribution >= 4 is 17.2 Å². The van der Waals surface area contributed by atoms with Gasteiger partial charge in [-0.15, -0.1) is 0 Å². The average molecular weight is 499 g/mol. The number of methoxy groups -OCH3 is 1. The van der Waals surface area contributed by atoms with E-state index in [1.165, 1.54) is 0 Å². The molecule has 5 rings (SSSR count). The minimum absolute atomic E-state index is 0.0343. The van der Waals surface area contributed by atoms with Crippen molar-refractivity contribution in [2.75, 3.05) is 24.4 Å². The molecule has 2 N–H and O–H groups in total. The van der Waals surface area contributed by atoms with Crippen LogP contribution in [0.15, 0.2) is 78.0 Å². The zero-order valence-corrected chi connectivity index (χ0v) is 21.8. The van der Waals surface area contributed by atoms with Gasteiger partial charge in [0.1, 0.15) is 5.75 Å². The molecule has 2 aliphatic rings. The third-order valence-electron chi connectivity index (χ3n) is 6.86. The van der Waals surface area contributed by atoms with Gasteiger partial charge < -0.3 is 24.8 Å². The van der Waals surface area contributed by atoms with Crippen LogP contribution in [-0.4, -0.2) is 25.6 Å². The highest BCUT2D eigenvalue weighted by Gasteiger charge is 2.36. The van der Waals surface area contributed by atoms with Crippen LogP contribution in [-0.2, 0) is 4.79 Å². The van der Waals surface area contributed by atoms with Crippen LogP contribution in [0.5, 0.6) is 17.2 Å². The van der Waals surface area contributed by atoms with Gasteiger partial charge in [-0.05, 0) is 80.6 Å². The summed E-state index contributed by atoms with van der Waals surface area (Å²) in [6, 6.07) is 21.9. The Bertz CT molecular complexity index is 1310. The second-order valence-electron chi connectivity index (χ2n) is 9.75. The van der Waals surface area contributed by atoms with E-state index in [4.69, 9.17) is 14.2 Å². The summed E-state index contributed by atoms with van der Waals surface area (Å²) in [5.41, 5.74) is 5.78. The van der Waals surface area contributed by atoms with Crippen LogP contribution < -0.4 is 24.8 Å². The molecule has 6 heteroatoms. The molecule has 37 heavy (non-hydrogen) atoms. The SMILES string of the molecule is CCOc1ccc(C2Nc3ccccc3NC3=C2C(=O)CC(c2ccc(OC(C)C)c(OC)c2)C3)cc1. The first-order valence-electron chi connectivity index (χ1n) is 12.9.